The van der Waals surface area contributed by atoms with Gasteiger partial charge in [0.15, 0.2) is 6.61 Å². The van der Waals surface area contributed by atoms with Crippen LogP contribution in [-0.4, -0.2) is 30.8 Å². The Morgan fingerprint density at radius 3 is 2.75 bits per heavy atom. The Kier molecular flexibility index (Phi) is 7.70. The van der Waals surface area contributed by atoms with E-state index in [0.717, 1.165) is 12.2 Å². The van der Waals surface area contributed by atoms with Crippen LogP contribution in [0.2, 0.25) is 0 Å². The van der Waals surface area contributed by atoms with Crippen LogP contribution in [0.15, 0.2) is 64.1 Å². The summed E-state index contributed by atoms with van der Waals surface area (Å²) in [7, 11) is 0. The maximum Gasteiger partial charge on any atom is 0.331 e. The van der Waals surface area contributed by atoms with Gasteiger partial charge in [0.25, 0.3) is 5.91 Å². The second kappa shape index (κ2) is 10.3. The Morgan fingerprint density at radius 1 is 1.17 bits per heavy atom. The van der Waals surface area contributed by atoms with E-state index < -0.39 is 5.97 Å². The van der Waals surface area contributed by atoms with Crippen molar-refractivity contribution < 1.29 is 18.7 Å². The number of furan rings is 1. The molecule has 1 amide bonds. The first-order chi connectivity index (χ1) is 11.7. The molecule has 0 aliphatic heterocycles. The van der Waals surface area contributed by atoms with E-state index in [-0.39, 0.29) is 12.5 Å². The second-order valence-electron chi connectivity index (χ2n) is 4.82. The van der Waals surface area contributed by atoms with Gasteiger partial charge in [-0.1, -0.05) is 18.2 Å². The lowest BCUT2D eigenvalue weighted by Gasteiger charge is -2.05. The minimum absolute atomic E-state index is 0.285. The zero-order valence-corrected chi connectivity index (χ0v) is 14.0. The summed E-state index contributed by atoms with van der Waals surface area (Å²) in [6.45, 7) is 0.269. The van der Waals surface area contributed by atoms with E-state index in [0.29, 0.717) is 12.3 Å². The molecule has 0 bridgehead atoms. The quantitative estimate of drug-likeness (QED) is 0.327. The normalized spacial score (nSPS) is 10.7. The predicted octanol–water partition coefficient (Wildman–Crippen LogP) is 3.13. The van der Waals surface area contributed by atoms with Crippen LogP contribution in [0.5, 0.6) is 0 Å². The number of rotatable bonds is 9. The molecule has 0 fully saturated rings. The van der Waals surface area contributed by atoms with Gasteiger partial charge in [0, 0.05) is 17.5 Å². The second-order valence-corrected chi connectivity index (χ2v) is 5.99. The number of hydrogen-bond acceptors (Lipinski definition) is 5. The standard InChI is InChI=1S/C18H19NO4S/c20-17(14-23-18(21)10-9-15-6-4-12-22-15)19-11-5-13-24-16-7-2-1-3-8-16/h1-4,6-10,12H,5,11,13-14H2,(H,19,20)/b10-9+. The van der Waals surface area contributed by atoms with Crippen molar-refractivity contribution in [3.8, 4) is 0 Å². The van der Waals surface area contributed by atoms with Gasteiger partial charge in [-0.3, -0.25) is 4.79 Å². The molecule has 0 spiro atoms. The van der Waals surface area contributed by atoms with E-state index in [1.807, 2.05) is 18.2 Å². The smallest absolute Gasteiger partial charge is 0.331 e. The van der Waals surface area contributed by atoms with Gasteiger partial charge in [0.05, 0.1) is 6.26 Å². The van der Waals surface area contributed by atoms with Gasteiger partial charge in [-0.25, -0.2) is 4.79 Å². The van der Waals surface area contributed by atoms with Crippen LogP contribution in [0.1, 0.15) is 12.2 Å². The van der Waals surface area contributed by atoms with Crippen molar-refractivity contribution in [2.75, 3.05) is 18.9 Å². The molecule has 5 nitrogen and oxygen atoms in total. The third-order valence-corrected chi connectivity index (χ3v) is 4.03. The number of carbonyl (C=O) groups excluding carboxylic acids is 2. The molecule has 0 saturated heterocycles. The third kappa shape index (κ3) is 7.19. The highest BCUT2D eigenvalue weighted by Crippen LogP contribution is 2.17. The minimum atomic E-state index is -0.582. The first-order valence-electron chi connectivity index (χ1n) is 7.57. The summed E-state index contributed by atoms with van der Waals surface area (Å²) in [6, 6.07) is 13.5. The van der Waals surface area contributed by atoms with Gasteiger partial charge >= 0.3 is 5.97 Å². The van der Waals surface area contributed by atoms with E-state index in [9.17, 15) is 9.59 Å². The van der Waals surface area contributed by atoms with Crippen molar-refractivity contribution in [2.45, 2.75) is 11.3 Å². The topological polar surface area (TPSA) is 68.5 Å². The Balaban J connectivity index is 1.52. The molecule has 6 heteroatoms. The molecule has 1 aromatic heterocycles. The molecule has 2 aromatic rings. The Labute approximate surface area is 145 Å². The number of thioether (sulfide) groups is 1. The van der Waals surface area contributed by atoms with Gasteiger partial charge in [-0.05, 0) is 42.5 Å². The van der Waals surface area contributed by atoms with Crippen LogP contribution in [0, 0.1) is 0 Å². The fourth-order valence-corrected chi connectivity index (χ4v) is 2.65. The van der Waals surface area contributed by atoms with Gasteiger partial charge in [-0.15, -0.1) is 11.8 Å². The van der Waals surface area contributed by atoms with E-state index in [4.69, 9.17) is 9.15 Å². The molecule has 126 valence electrons. The lowest BCUT2D eigenvalue weighted by atomic mass is 10.4. The van der Waals surface area contributed by atoms with Gasteiger partial charge in [0.2, 0.25) is 0 Å². The lowest BCUT2D eigenvalue weighted by molar-refractivity contribution is -0.143. The molecule has 1 aromatic carbocycles. The highest BCUT2D eigenvalue weighted by molar-refractivity contribution is 7.99. The van der Waals surface area contributed by atoms with Crippen molar-refractivity contribution in [1.82, 2.24) is 5.32 Å². The van der Waals surface area contributed by atoms with E-state index in [1.165, 1.54) is 23.3 Å². The zero-order chi connectivity index (χ0) is 17.0. The molecule has 1 heterocycles. The SMILES string of the molecule is O=C(COC(=O)/C=C/c1ccco1)NCCCSc1ccccc1. The van der Waals surface area contributed by atoms with E-state index in [2.05, 4.69) is 17.4 Å². The summed E-state index contributed by atoms with van der Waals surface area (Å²) in [6.07, 6.45) is 5.07. The minimum Gasteiger partial charge on any atom is -0.465 e. The average molecular weight is 345 g/mol. The maximum atomic E-state index is 11.6. The number of hydrogen-bond donors (Lipinski definition) is 1. The molecule has 2 rings (SSSR count). The summed E-state index contributed by atoms with van der Waals surface area (Å²) in [4.78, 5) is 24.2. The monoisotopic (exact) mass is 345 g/mol. The van der Waals surface area contributed by atoms with Crippen molar-refractivity contribution in [3.05, 3.63) is 60.6 Å². The maximum absolute atomic E-state index is 11.6. The Morgan fingerprint density at radius 2 is 2.00 bits per heavy atom. The fourth-order valence-electron chi connectivity index (χ4n) is 1.78. The fraction of sp³-hybridized carbons (Fsp3) is 0.222. The molecule has 0 unspecified atom stereocenters. The first kappa shape index (κ1) is 17.9. The van der Waals surface area contributed by atoms with Gasteiger partial charge < -0.3 is 14.5 Å². The Hall–Kier alpha value is -2.47. The van der Waals surface area contributed by atoms with Crippen molar-refractivity contribution >= 4 is 29.7 Å². The summed E-state index contributed by atoms with van der Waals surface area (Å²) in [5.41, 5.74) is 0. The zero-order valence-electron chi connectivity index (χ0n) is 13.1. The molecule has 1 N–H and O–H groups in total. The van der Waals surface area contributed by atoms with Gasteiger partial charge in [-0.2, -0.15) is 0 Å². The predicted molar refractivity (Wildman–Crippen MR) is 93.5 cm³/mol. The summed E-state index contributed by atoms with van der Waals surface area (Å²) in [5.74, 6) is 0.573. The molecule has 0 saturated carbocycles. The van der Waals surface area contributed by atoms with E-state index in [1.54, 1.807) is 23.9 Å². The lowest BCUT2D eigenvalue weighted by Crippen LogP contribution is -2.29. The molecule has 24 heavy (non-hydrogen) atoms. The van der Waals surface area contributed by atoms with Crippen LogP contribution < -0.4 is 5.32 Å². The number of carbonyl (C=O) groups is 2. The average Bonchev–Trinajstić information content (AvgIpc) is 3.12. The molecular formula is C18H19NO4S. The number of esters is 1. The number of benzene rings is 1. The molecule has 0 radical (unpaired) electrons. The highest BCUT2D eigenvalue weighted by atomic mass is 32.2. The highest BCUT2D eigenvalue weighted by Gasteiger charge is 2.04. The van der Waals surface area contributed by atoms with Crippen LogP contribution in [0.25, 0.3) is 6.08 Å². The largest absolute Gasteiger partial charge is 0.465 e. The molecule has 0 aliphatic carbocycles. The van der Waals surface area contributed by atoms with Crippen molar-refractivity contribution in [1.29, 1.82) is 0 Å². The van der Waals surface area contributed by atoms with Crippen LogP contribution in [-0.2, 0) is 14.3 Å². The molecule has 0 aliphatic rings. The molecular weight excluding hydrogens is 326 g/mol. The molecule has 0 atom stereocenters. The van der Waals surface area contributed by atoms with Crippen molar-refractivity contribution in [2.24, 2.45) is 0 Å². The third-order valence-electron chi connectivity index (χ3n) is 2.93. The van der Waals surface area contributed by atoms with E-state index >= 15 is 0 Å². The summed E-state index contributed by atoms with van der Waals surface area (Å²) in [5, 5.41) is 2.72. The number of amides is 1. The summed E-state index contributed by atoms with van der Waals surface area (Å²) < 4.78 is 9.89. The first-order valence-corrected chi connectivity index (χ1v) is 8.55. The summed E-state index contributed by atoms with van der Waals surface area (Å²) >= 11 is 1.74. The van der Waals surface area contributed by atoms with Gasteiger partial charge in [0.1, 0.15) is 5.76 Å². The Bertz CT molecular complexity index is 653. The van der Waals surface area contributed by atoms with Crippen molar-refractivity contribution in [3.63, 3.8) is 0 Å². The number of ether oxygens (including phenoxy) is 1. The van der Waals surface area contributed by atoms with Crippen LogP contribution in [0.3, 0.4) is 0 Å². The van der Waals surface area contributed by atoms with Crippen LogP contribution in [0.4, 0.5) is 0 Å². The van der Waals surface area contributed by atoms with Crippen LogP contribution >= 0.6 is 11.8 Å². The number of nitrogens with one attached hydrogen (secondary N) is 1.